The van der Waals surface area contributed by atoms with Crippen LogP contribution in [-0.4, -0.2) is 18.2 Å². The van der Waals surface area contributed by atoms with E-state index in [1.54, 1.807) is 7.11 Å². The second-order valence-corrected chi connectivity index (χ2v) is 4.58. The molecule has 0 heterocycles. The van der Waals surface area contributed by atoms with Gasteiger partial charge in [0.05, 0.1) is 7.11 Å². The average molecular weight is 236 g/mol. The summed E-state index contributed by atoms with van der Waals surface area (Å²) in [6.07, 6.45) is 1.01. The van der Waals surface area contributed by atoms with Crippen LogP contribution in [0.5, 0.6) is 5.75 Å². The first kappa shape index (κ1) is 13.6. The summed E-state index contributed by atoms with van der Waals surface area (Å²) in [4.78, 5) is 10.6. The summed E-state index contributed by atoms with van der Waals surface area (Å²) in [5.41, 5.74) is 3.53. The quantitative estimate of drug-likeness (QED) is 0.855. The Bertz CT molecular complexity index is 410. The third kappa shape index (κ3) is 3.48. The summed E-state index contributed by atoms with van der Waals surface area (Å²) in [5.74, 6) is 0.302. The largest absolute Gasteiger partial charge is 0.496 e. The zero-order valence-electron chi connectivity index (χ0n) is 10.9. The van der Waals surface area contributed by atoms with Crippen molar-refractivity contribution in [2.75, 3.05) is 7.11 Å². The third-order valence-corrected chi connectivity index (χ3v) is 3.16. The molecule has 0 radical (unpaired) electrons. The first-order valence-corrected chi connectivity index (χ1v) is 5.80. The maximum atomic E-state index is 10.6. The number of methoxy groups -OCH3 is 1. The lowest BCUT2D eigenvalue weighted by molar-refractivity contribution is -0.137. The first-order valence-electron chi connectivity index (χ1n) is 5.80. The van der Waals surface area contributed by atoms with E-state index in [0.29, 0.717) is 0 Å². The minimum Gasteiger partial charge on any atom is -0.496 e. The van der Waals surface area contributed by atoms with Crippen LogP contribution in [-0.2, 0) is 11.2 Å². The molecule has 0 aliphatic rings. The van der Waals surface area contributed by atoms with Crippen LogP contribution < -0.4 is 4.74 Å². The minimum absolute atomic E-state index is 0.152. The van der Waals surface area contributed by atoms with E-state index in [1.807, 2.05) is 26.0 Å². The zero-order valence-corrected chi connectivity index (χ0v) is 10.9. The number of carboxylic acid groups (broad SMARTS) is 1. The molecule has 94 valence electrons. The summed E-state index contributed by atoms with van der Waals surface area (Å²) in [5, 5.41) is 8.75. The Balaban J connectivity index is 2.85. The fourth-order valence-corrected chi connectivity index (χ4v) is 2.04. The third-order valence-electron chi connectivity index (χ3n) is 3.16. The van der Waals surface area contributed by atoms with Crippen LogP contribution in [0.1, 0.15) is 30.0 Å². The van der Waals surface area contributed by atoms with Gasteiger partial charge >= 0.3 is 5.97 Å². The molecule has 1 aromatic rings. The van der Waals surface area contributed by atoms with Crippen LogP contribution in [0, 0.1) is 19.8 Å². The van der Waals surface area contributed by atoms with E-state index in [9.17, 15) is 4.79 Å². The van der Waals surface area contributed by atoms with Gasteiger partial charge in [-0.1, -0.05) is 13.0 Å². The Hall–Kier alpha value is -1.51. The summed E-state index contributed by atoms with van der Waals surface area (Å²) in [7, 11) is 1.66. The highest BCUT2D eigenvalue weighted by Crippen LogP contribution is 2.26. The Morgan fingerprint density at radius 3 is 2.53 bits per heavy atom. The van der Waals surface area contributed by atoms with Crippen molar-refractivity contribution < 1.29 is 14.6 Å². The number of rotatable bonds is 5. The molecular formula is C14H20O3. The highest BCUT2D eigenvalue weighted by atomic mass is 16.5. The molecule has 1 rings (SSSR count). The van der Waals surface area contributed by atoms with Crippen molar-refractivity contribution in [2.45, 2.75) is 33.6 Å². The maximum Gasteiger partial charge on any atom is 0.303 e. The van der Waals surface area contributed by atoms with Crippen molar-refractivity contribution in [3.8, 4) is 5.75 Å². The zero-order chi connectivity index (χ0) is 13.0. The van der Waals surface area contributed by atoms with Crippen LogP contribution in [0.25, 0.3) is 0 Å². The highest BCUT2D eigenvalue weighted by Gasteiger charge is 2.12. The number of benzene rings is 1. The Kier molecular flexibility index (Phi) is 4.55. The number of hydrogen-bond acceptors (Lipinski definition) is 2. The molecule has 1 unspecified atom stereocenters. The van der Waals surface area contributed by atoms with Gasteiger partial charge in [0.25, 0.3) is 0 Å². The SMILES string of the molecule is COc1ccc(CC(C)CC(=O)O)c(C)c1C. The molecule has 1 atom stereocenters. The fraction of sp³-hybridized carbons (Fsp3) is 0.500. The van der Waals surface area contributed by atoms with Crippen LogP contribution in [0.3, 0.4) is 0 Å². The molecule has 0 fully saturated rings. The van der Waals surface area contributed by atoms with Crippen molar-refractivity contribution in [1.82, 2.24) is 0 Å². The molecule has 1 aromatic carbocycles. The predicted octanol–water partition coefficient (Wildman–Crippen LogP) is 2.97. The average Bonchev–Trinajstić information content (AvgIpc) is 2.24. The molecule has 3 nitrogen and oxygen atoms in total. The summed E-state index contributed by atoms with van der Waals surface area (Å²) < 4.78 is 5.26. The molecule has 0 aromatic heterocycles. The molecule has 0 spiro atoms. The number of ether oxygens (including phenoxy) is 1. The van der Waals surface area contributed by atoms with Crippen LogP contribution >= 0.6 is 0 Å². The first-order chi connectivity index (χ1) is 7.95. The highest BCUT2D eigenvalue weighted by molar-refractivity contribution is 5.67. The van der Waals surface area contributed by atoms with Gasteiger partial charge in [-0.2, -0.15) is 0 Å². The number of aliphatic carboxylic acids is 1. The smallest absolute Gasteiger partial charge is 0.303 e. The molecule has 0 amide bonds. The summed E-state index contributed by atoms with van der Waals surface area (Å²) >= 11 is 0. The Labute approximate surface area is 102 Å². The van der Waals surface area contributed by atoms with Crippen molar-refractivity contribution in [3.05, 3.63) is 28.8 Å². The molecule has 0 bridgehead atoms. The van der Waals surface area contributed by atoms with Crippen LogP contribution in [0.15, 0.2) is 12.1 Å². The summed E-state index contributed by atoms with van der Waals surface area (Å²) in [6.45, 7) is 6.05. The van der Waals surface area contributed by atoms with E-state index in [1.165, 1.54) is 11.1 Å². The molecular weight excluding hydrogens is 216 g/mol. The number of carboxylic acids is 1. The molecule has 3 heteroatoms. The lowest BCUT2D eigenvalue weighted by atomic mass is 9.93. The van der Waals surface area contributed by atoms with Crippen LogP contribution in [0.4, 0.5) is 0 Å². The van der Waals surface area contributed by atoms with Gasteiger partial charge in [-0.3, -0.25) is 4.79 Å². The molecule has 17 heavy (non-hydrogen) atoms. The van der Waals surface area contributed by atoms with Gasteiger partial charge in [-0.15, -0.1) is 0 Å². The maximum absolute atomic E-state index is 10.6. The fourth-order valence-electron chi connectivity index (χ4n) is 2.04. The number of carbonyl (C=O) groups is 1. The predicted molar refractivity (Wildman–Crippen MR) is 67.6 cm³/mol. The van der Waals surface area contributed by atoms with Crippen molar-refractivity contribution >= 4 is 5.97 Å². The lowest BCUT2D eigenvalue weighted by Gasteiger charge is -2.15. The van der Waals surface area contributed by atoms with E-state index in [2.05, 4.69) is 6.92 Å². The van der Waals surface area contributed by atoms with Gasteiger partial charge in [-0.25, -0.2) is 0 Å². The van der Waals surface area contributed by atoms with Gasteiger partial charge in [0.1, 0.15) is 5.75 Å². The normalized spacial score (nSPS) is 12.2. The second-order valence-electron chi connectivity index (χ2n) is 4.58. The van der Waals surface area contributed by atoms with Gasteiger partial charge in [0.2, 0.25) is 0 Å². The van der Waals surface area contributed by atoms with Crippen molar-refractivity contribution in [3.63, 3.8) is 0 Å². The summed E-state index contributed by atoms with van der Waals surface area (Å²) in [6, 6.07) is 3.98. The standard InChI is InChI=1S/C14H20O3/c1-9(8-14(15)16)7-12-5-6-13(17-4)11(3)10(12)2/h5-6,9H,7-8H2,1-4H3,(H,15,16). The van der Waals surface area contributed by atoms with E-state index < -0.39 is 5.97 Å². The lowest BCUT2D eigenvalue weighted by Crippen LogP contribution is -2.08. The van der Waals surface area contributed by atoms with E-state index in [4.69, 9.17) is 9.84 Å². The van der Waals surface area contributed by atoms with Crippen LogP contribution in [0.2, 0.25) is 0 Å². The molecule has 1 N–H and O–H groups in total. The van der Waals surface area contributed by atoms with Gasteiger partial charge in [0, 0.05) is 6.42 Å². The van der Waals surface area contributed by atoms with E-state index in [-0.39, 0.29) is 12.3 Å². The molecule has 0 saturated carbocycles. The van der Waals surface area contributed by atoms with Gasteiger partial charge in [-0.05, 0) is 48.9 Å². The molecule has 0 saturated heterocycles. The molecule has 0 aliphatic carbocycles. The van der Waals surface area contributed by atoms with Crippen molar-refractivity contribution in [2.24, 2.45) is 5.92 Å². The second kappa shape index (κ2) is 5.71. The topological polar surface area (TPSA) is 46.5 Å². The van der Waals surface area contributed by atoms with E-state index in [0.717, 1.165) is 17.7 Å². The van der Waals surface area contributed by atoms with E-state index >= 15 is 0 Å². The van der Waals surface area contributed by atoms with Gasteiger partial charge < -0.3 is 9.84 Å². The Morgan fingerprint density at radius 1 is 1.35 bits per heavy atom. The molecule has 0 aliphatic heterocycles. The minimum atomic E-state index is -0.736. The van der Waals surface area contributed by atoms with Gasteiger partial charge in [0.15, 0.2) is 0 Å². The number of hydrogen-bond donors (Lipinski definition) is 1. The monoisotopic (exact) mass is 236 g/mol. The van der Waals surface area contributed by atoms with Crippen molar-refractivity contribution in [1.29, 1.82) is 0 Å². The Morgan fingerprint density at radius 2 is 2.00 bits per heavy atom.